The number of aromatic hydroxyl groups is 1. The Labute approximate surface area is 178 Å². The van der Waals surface area contributed by atoms with E-state index in [0.29, 0.717) is 13.2 Å². The Kier molecular flexibility index (Phi) is 6.24. The average molecular weight is 404 g/mol. The number of ether oxygens (including phenoxy) is 2. The van der Waals surface area contributed by atoms with E-state index in [1.165, 1.54) is 11.1 Å². The highest BCUT2D eigenvalue weighted by atomic mass is 16.5. The van der Waals surface area contributed by atoms with E-state index in [1.54, 1.807) is 12.1 Å². The van der Waals surface area contributed by atoms with Crippen molar-refractivity contribution >= 4 is 0 Å². The van der Waals surface area contributed by atoms with Crippen LogP contribution in [0.25, 0.3) is 0 Å². The zero-order valence-corrected chi connectivity index (χ0v) is 17.6. The van der Waals surface area contributed by atoms with Gasteiger partial charge in [-0.2, -0.15) is 0 Å². The van der Waals surface area contributed by atoms with E-state index in [0.717, 1.165) is 30.2 Å². The van der Waals surface area contributed by atoms with Crippen LogP contribution in [0.5, 0.6) is 17.2 Å². The van der Waals surface area contributed by atoms with Crippen LogP contribution in [0.1, 0.15) is 35.4 Å². The van der Waals surface area contributed by atoms with Crippen molar-refractivity contribution in [3.05, 3.63) is 89.5 Å². The maximum atomic E-state index is 9.90. The van der Waals surface area contributed by atoms with Gasteiger partial charge in [0.1, 0.15) is 23.9 Å². The van der Waals surface area contributed by atoms with Gasteiger partial charge in [0.25, 0.3) is 0 Å². The van der Waals surface area contributed by atoms with Crippen LogP contribution in [0.2, 0.25) is 0 Å². The smallest absolute Gasteiger partial charge is 0.126 e. The molecule has 0 unspecified atom stereocenters. The Morgan fingerprint density at radius 3 is 2.50 bits per heavy atom. The highest BCUT2D eigenvalue weighted by Gasteiger charge is 2.33. The second kappa shape index (κ2) is 9.23. The van der Waals surface area contributed by atoms with Crippen molar-refractivity contribution in [1.82, 2.24) is 4.90 Å². The van der Waals surface area contributed by atoms with Crippen LogP contribution in [-0.4, -0.2) is 43.4 Å². The molecule has 0 saturated heterocycles. The minimum atomic E-state index is 0.150. The maximum Gasteiger partial charge on any atom is 0.126 e. The van der Waals surface area contributed by atoms with Gasteiger partial charge in [0.15, 0.2) is 0 Å². The molecule has 3 aromatic rings. The molecule has 1 heterocycles. The predicted molar refractivity (Wildman–Crippen MR) is 120 cm³/mol. The summed E-state index contributed by atoms with van der Waals surface area (Å²) in [5.74, 6) is 2.23. The summed E-state index contributed by atoms with van der Waals surface area (Å²) in [6, 6.07) is 24.4. The molecule has 0 bridgehead atoms. The third-order valence-electron chi connectivity index (χ3n) is 5.90. The van der Waals surface area contributed by atoms with Gasteiger partial charge in [-0.05, 0) is 42.9 Å². The summed E-state index contributed by atoms with van der Waals surface area (Å²) >= 11 is 0. The van der Waals surface area contributed by atoms with E-state index in [1.807, 2.05) is 12.1 Å². The van der Waals surface area contributed by atoms with Crippen LogP contribution in [0, 0.1) is 0 Å². The largest absolute Gasteiger partial charge is 0.508 e. The molecular weight excluding hydrogens is 374 g/mol. The molecule has 1 N–H and O–H groups in total. The van der Waals surface area contributed by atoms with Gasteiger partial charge >= 0.3 is 0 Å². The Morgan fingerprint density at radius 1 is 1.00 bits per heavy atom. The molecule has 1 aliphatic rings. The monoisotopic (exact) mass is 403 g/mol. The molecule has 0 amide bonds. The molecule has 4 rings (SSSR count). The highest BCUT2D eigenvalue weighted by molar-refractivity contribution is 5.50. The van der Waals surface area contributed by atoms with Gasteiger partial charge in [-0.3, -0.25) is 0 Å². The van der Waals surface area contributed by atoms with E-state index < -0.39 is 0 Å². The Morgan fingerprint density at radius 2 is 1.77 bits per heavy atom. The molecule has 4 heteroatoms. The summed E-state index contributed by atoms with van der Waals surface area (Å²) in [7, 11) is 2.09. The highest BCUT2D eigenvalue weighted by Crippen LogP contribution is 2.47. The van der Waals surface area contributed by atoms with Crippen molar-refractivity contribution in [2.45, 2.75) is 18.8 Å². The summed E-state index contributed by atoms with van der Waals surface area (Å²) < 4.78 is 12.0. The number of likely N-dealkylation sites (N-methyl/N-ethyl adjacent to an activating group) is 1. The van der Waals surface area contributed by atoms with E-state index in [2.05, 4.69) is 67.4 Å². The summed E-state index contributed by atoms with van der Waals surface area (Å²) in [6.45, 7) is 5.32. The lowest BCUT2D eigenvalue weighted by Crippen LogP contribution is -2.25. The fourth-order valence-electron chi connectivity index (χ4n) is 4.05. The lowest BCUT2D eigenvalue weighted by Gasteiger charge is -2.34. The molecule has 4 nitrogen and oxygen atoms in total. The topological polar surface area (TPSA) is 41.9 Å². The molecule has 0 fully saturated rings. The van der Waals surface area contributed by atoms with Crippen LogP contribution in [0.15, 0.2) is 72.8 Å². The summed E-state index contributed by atoms with van der Waals surface area (Å²) in [5.41, 5.74) is 3.58. The minimum Gasteiger partial charge on any atom is -0.508 e. The number of phenols is 1. The van der Waals surface area contributed by atoms with Crippen molar-refractivity contribution in [3.63, 3.8) is 0 Å². The number of phenolic OH excluding ortho intramolecular Hbond substituents is 1. The number of benzene rings is 3. The molecule has 3 aromatic carbocycles. The molecular formula is C26H29NO3. The minimum absolute atomic E-state index is 0.150. The van der Waals surface area contributed by atoms with Gasteiger partial charge in [-0.25, -0.2) is 0 Å². The van der Waals surface area contributed by atoms with Crippen LogP contribution in [-0.2, 0) is 0 Å². The first kappa shape index (κ1) is 20.3. The Balaban J connectivity index is 1.61. The SMILES string of the molecule is CCN(C)CCOc1ccc([C@@H]2c3ccc(O)cc3OC[C@@H]2c2ccccc2)cc1. The molecule has 2 atom stereocenters. The van der Waals surface area contributed by atoms with E-state index in [4.69, 9.17) is 9.47 Å². The standard InChI is InChI=1S/C26H29NO3/c1-3-27(2)15-16-29-22-12-9-20(10-13-22)26-23-14-11-21(28)17-25(23)30-18-24(26)19-7-5-4-6-8-19/h4-14,17,24,26,28H,3,15-16,18H2,1-2H3/t24-,26-/m1/s1. The van der Waals surface area contributed by atoms with Crippen molar-refractivity contribution in [2.75, 3.05) is 33.4 Å². The van der Waals surface area contributed by atoms with Gasteiger partial charge in [0.05, 0.1) is 6.61 Å². The lowest BCUT2D eigenvalue weighted by molar-refractivity contribution is 0.243. The third kappa shape index (κ3) is 4.44. The normalized spacial score (nSPS) is 18.0. The van der Waals surface area contributed by atoms with Crippen molar-refractivity contribution < 1.29 is 14.6 Å². The second-order valence-electron chi connectivity index (χ2n) is 7.84. The summed E-state index contributed by atoms with van der Waals surface area (Å²) in [4.78, 5) is 2.23. The van der Waals surface area contributed by atoms with Gasteiger partial charge < -0.3 is 19.5 Å². The number of hydrogen-bond acceptors (Lipinski definition) is 4. The molecule has 0 aliphatic carbocycles. The van der Waals surface area contributed by atoms with Crippen LogP contribution in [0.3, 0.4) is 0 Å². The molecule has 0 spiro atoms. The van der Waals surface area contributed by atoms with Crippen LogP contribution in [0.4, 0.5) is 0 Å². The molecule has 156 valence electrons. The Hall–Kier alpha value is -2.98. The zero-order valence-electron chi connectivity index (χ0n) is 17.6. The van der Waals surface area contributed by atoms with Crippen molar-refractivity contribution in [2.24, 2.45) is 0 Å². The summed E-state index contributed by atoms with van der Waals surface area (Å²) in [5, 5.41) is 9.90. The molecule has 0 radical (unpaired) electrons. The maximum absolute atomic E-state index is 9.90. The first-order chi connectivity index (χ1) is 14.7. The van der Waals surface area contributed by atoms with E-state index in [-0.39, 0.29) is 17.6 Å². The predicted octanol–water partition coefficient (Wildman–Crippen LogP) is 5.03. The van der Waals surface area contributed by atoms with Crippen LogP contribution < -0.4 is 9.47 Å². The summed E-state index contributed by atoms with van der Waals surface area (Å²) in [6.07, 6.45) is 0. The van der Waals surface area contributed by atoms with Crippen LogP contribution >= 0.6 is 0 Å². The van der Waals surface area contributed by atoms with Gasteiger partial charge in [-0.15, -0.1) is 0 Å². The fourth-order valence-corrected chi connectivity index (χ4v) is 4.05. The average Bonchev–Trinajstić information content (AvgIpc) is 2.79. The quantitative estimate of drug-likeness (QED) is 0.601. The molecule has 30 heavy (non-hydrogen) atoms. The first-order valence-corrected chi connectivity index (χ1v) is 10.6. The molecule has 1 aliphatic heterocycles. The second-order valence-corrected chi connectivity index (χ2v) is 7.84. The zero-order chi connectivity index (χ0) is 20.9. The van der Waals surface area contributed by atoms with E-state index in [9.17, 15) is 5.11 Å². The van der Waals surface area contributed by atoms with E-state index >= 15 is 0 Å². The number of hydrogen-bond donors (Lipinski definition) is 1. The number of fused-ring (bicyclic) bond motifs is 1. The van der Waals surface area contributed by atoms with Gasteiger partial charge in [0, 0.05) is 30.0 Å². The lowest BCUT2D eigenvalue weighted by atomic mass is 9.76. The number of nitrogens with zero attached hydrogens (tertiary/aromatic N) is 1. The molecule has 0 aromatic heterocycles. The third-order valence-corrected chi connectivity index (χ3v) is 5.90. The van der Waals surface area contributed by atoms with Crippen molar-refractivity contribution in [1.29, 1.82) is 0 Å². The van der Waals surface area contributed by atoms with Gasteiger partial charge in [-0.1, -0.05) is 55.5 Å². The molecule has 0 saturated carbocycles. The van der Waals surface area contributed by atoms with Gasteiger partial charge in [0.2, 0.25) is 0 Å². The Bertz CT molecular complexity index is 956. The number of rotatable bonds is 7. The first-order valence-electron chi connectivity index (χ1n) is 10.6. The fraction of sp³-hybridized carbons (Fsp3) is 0.308. The van der Waals surface area contributed by atoms with Crippen molar-refractivity contribution in [3.8, 4) is 17.2 Å².